The molecule has 2 heteroatoms. The van der Waals surface area contributed by atoms with Crippen LogP contribution in [-0.4, -0.2) is 26.2 Å². The van der Waals surface area contributed by atoms with E-state index in [0.29, 0.717) is 0 Å². The van der Waals surface area contributed by atoms with Crippen molar-refractivity contribution in [2.45, 2.75) is 20.3 Å². The van der Waals surface area contributed by atoms with Gasteiger partial charge >= 0.3 is 0 Å². The van der Waals surface area contributed by atoms with E-state index in [1.54, 1.807) is 0 Å². The van der Waals surface area contributed by atoms with Crippen LogP contribution in [-0.2, 0) is 0 Å². The lowest BCUT2D eigenvalue weighted by molar-refractivity contribution is 0.329. The highest BCUT2D eigenvalue weighted by Crippen LogP contribution is 2.20. The standard InChI is InChI=1S/C14H22N2/c1-3-16(9-8-13-10-15-11-13)14-7-5-4-6-12(14)2/h4-7,13,15H,3,8-11H2,1-2H3. The van der Waals surface area contributed by atoms with Gasteiger partial charge in [0, 0.05) is 18.8 Å². The second-order valence-corrected chi connectivity index (χ2v) is 4.68. The topological polar surface area (TPSA) is 15.3 Å². The largest absolute Gasteiger partial charge is 0.372 e. The van der Waals surface area contributed by atoms with Crippen molar-refractivity contribution in [3.63, 3.8) is 0 Å². The Hall–Kier alpha value is -1.02. The summed E-state index contributed by atoms with van der Waals surface area (Å²) < 4.78 is 0. The molecular weight excluding hydrogens is 196 g/mol. The van der Waals surface area contributed by atoms with Gasteiger partial charge in [0.05, 0.1) is 0 Å². The molecule has 1 aliphatic rings. The summed E-state index contributed by atoms with van der Waals surface area (Å²) in [5, 5.41) is 3.34. The Kier molecular flexibility index (Phi) is 3.83. The number of benzene rings is 1. The Bertz CT molecular complexity index is 331. The first-order chi connectivity index (χ1) is 7.81. The number of hydrogen-bond acceptors (Lipinski definition) is 2. The van der Waals surface area contributed by atoms with Crippen LogP contribution in [0, 0.1) is 12.8 Å². The van der Waals surface area contributed by atoms with Crippen LogP contribution in [0.2, 0.25) is 0 Å². The summed E-state index contributed by atoms with van der Waals surface area (Å²) >= 11 is 0. The van der Waals surface area contributed by atoms with Crippen molar-refractivity contribution in [3.05, 3.63) is 29.8 Å². The lowest BCUT2D eigenvalue weighted by Crippen LogP contribution is -2.43. The number of hydrogen-bond donors (Lipinski definition) is 1. The van der Waals surface area contributed by atoms with Crippen LogP contribution in [0.3, 0.4) is 0 Å². The van der Waals surface area contributed by atoms with Gasteiger partial charge in [-0.3, -0.25) is 0 Å². The number of anilines is 1. The van der Waals surface area contributed by atoms with Crippen LogP contribution in [0.4, 0.5) is 5.69 Å². The molecule has 88 valence electrons. The number of nitrogens with zero attached hydrogens (tertiary/aromatic N) is 1. The molecule has 0 bridgehead atoms. The van der Waals surface area contributed by atoms with Gasteiger partial charge in [-0.15, -0.1) is 0 Å². The van der Waals surface area contributed by atoms with Crippen LogP contribution in [0.5, 0.6) is 0 Å². The molecule has 1 fully saturated rings. The van der Waals surface area contributed by atoms with Gasteiger partial charge in [-0.25, -0.2) is 0 Å². The monoisotopic (exact) mass is 218 g/mol. The van der Waals surface area contributed by atoms with Crippen LogP contribution in [0.1, 0.15) is 18.9 Å². The first-order valence-corrected chi connectivity index (χ1v) is 6.32. The second kappa shape index (κ2) is 5.35. The third-order valence-electron chi connectivity index (χ3n) is 3.51. The van der Waals surface area contributed by atoms with E-state index in [1.807, 2.05) is 0 Å². The molecule has 0 amide bonds. The third-order valence-corrected chi connectivity index (χ3v) is 3.51. The van der Waals surface area contributed by atoms with Crippen molar-refractivity contribution in [1.82, 2.24) is 5.32 Å². The minimum atomic E-state index is 0.901. The minimum Gasteiger partial charge on any atom is -0.372 e. The molecule has 16 heavy (non-hydrogen) atoms. The molecule has 0 saturated carbocycles. The quantitative estimate of drug-likeness (QED) is 0.816. The molecule has 1 N–H and O–H groups in total. The minimum absolute atomic E-state index is 0.901. The van der Waals surface area contributed by atoms with E-state index in [2.05, 4.69) is 48.3 Å². The van der Waals surface area contributed by atoms with Crippen molar-refractivity contribution in [1.29, 1.82) is 0 Å². The molecule has 0 unspecified atom stereocenters. The highest BCUT2D eigenvalue weighted by molar-refractivity contribution is 5.52. The van der Waals surface area contributed by atoms with Crippen LogP contribution in [0.25, 0.3) is 0 Å². The molecule has 1 aromatic carbocycles. The summed E-state index contributed by atoms with van der Waals surface area (Å²) in [7, 11) is 0. The van der Waals surface area contributed by atoms with Gasteiger partial charge in [0.2, 0.25) is 0 Å². The van der Waals surface area contributed by atoms with Gasteiger partial charge in [-0.05, 0) is 50.9 Å². The molecule has 2 nitrogen and oxygen atoms in total. The van der Waals surface area contributed by atoms with Gasteiger partial charge in [-0.2, -0.15) is 0 Å². The van der Waals surface area contributed by atoms with E-state index in [4.69, 9.17) is 0 Å². The molecule has 0 aromatic heterocycles. The lowest BCUT2D eigenvalue weighted by atomic mass is 9.99. The lowest BCUT2D eigenvalue weighted by Gasteiger charge is -2.31. The number of aryl methyl sites for hydroxylation is 1. The fourth-order valence-corrected chi connectivity index (χ4v) is 2.26. The zero-order chi connectivity index (χ0) is 11.4. The average Bonchev–Trinajstić information content (AvgIpc) is 2.23. The summed E-state index contributed by atoms with van der Waals surface area (Å²) in [5.41, 5.74) is 2.79. The average molecular weight is 218 g/mol. The van der Waals surface area contributed by atoms with E-state index in [0.717, 1.165) is 12.5 Å². The first kappa shape index (κ1) is 11.5. The van der Waals surface area contributed by atoms with Gasteiger partial charge in [-0.1, -0.05) is 18.2 Å². The van der Waals surface area contributed by atoms with Gasteiger partial charge < -0.3 is 10.2 Å². The highest BCUT2D eigenvalue weighted by Gasteiger charge is 2.17. The van der Waals surface area contributed by atoms with Crippen molar-refractivity contribution >= 4 is 5.69 Å². The Labute approximate surface area is 98.7 Å². The maximum atomic E-state index is 3.34. The molecule has 0 aliphatic carbocycles. The third kappa shape index (κ3) is 2.56. The summed E-state index contributed by atoms with van der Waals surface area (Å²) in [6, 6.07) is 8.68. The van der Waals surface area contributed by atoms with E-state index in [-0.39, 0.29) is 0 Å². The smallest absolute Gasteiger partial charge is 0.0395 e. The van der Waals surface area contributed by atoms with Gasteiger partial charge in [0.15, 0.2) is 0 Å². The predicted octanol–water partition coefficient (Wildman–Crippen LogP) is 2.43. The van der Waals surface area contributed by atoms with E-state index in [1.165, 1.54) is 37.3 Å². The number of para-hydroxylation sites is 1. The summed E-state index contributed by atoms with van der Waals surface area (Å²) in [4.78, 5) is 2.49. The number of nitrogens with one attached hydrogen (secondary N) is 1. The molecule has 0 spiro atoms. The molecule has 1 heterocycles. The highest BCUT2D eigenvalue weighted by atomic mass is 15.1. The van der Waals surface area contributed by atoms with E-state index in [9.17, 15) is 0 Å². The van der Waals surface area contributed by atoms with E-state index >= 15 is 0 Å². The van der Waals surface area contributed by atoms with Crippen LogP contribution >= 0.6 is 0 Å². The van der Waals surface area contributed by atoms with Crippen molar-refractivity contribution < 1.29 is 0 Å². The van der Waals surface area contributed by atoms with Gasteiger partial charge in [0.1, 0.15) is 0 Å². The van der Waals surface area contributed by atoms with Crippen molar-refractivity contribution in [2.75, 3.05) is 31.1 Å². The SMILES string of the molecule is CCN(CCC1CNC1)c1ccccc1C. The molecule has 1 aromatic rings. The van der Waals surface area contributed by atoms with Crippen LogP contribution in [0.15, 0.2) is 24.3 Å². The predicted molar refractivity (Wildman–Crippen MR) is 70.0 cm³/mol. The zero-order valence-corrected chi connectivity index (χ0v) is 10.4. The Morgan fingerprint density at radius 2 is 2.06 bits per heavy atom. The molecular formula is C14H22N2. The fourth-order valence-electron chi connectivity index (χ4n) is 2.26. The molecule has 0 radical (unpaired) electrons. The van der Waals surface area contributed by atoms with Crippen LogP contribution < -0.4 is 10.2 Å². The summed E-state index contributed by atoms with van der Waals surface area (Å²) in [6.45, 7) is 9.16. The molecule has 1 saturated heterocycles. The normalized spacial score (nSPS) is 15.9. The summed E-state index contributed by atoms with van der Waals surface area (Å²) in [5.74, 6) is 0.901. The van der Waals surface area contributed by atoms with Crippen molar-refractivity contribution in [2.24, 2.45) is 5.92 Å². The Morgan fingerprint density at radius 1 is 1.31 bits per heavy atom. The molecule has 0 atom stereocenters. The van der Waals surface area contributed by atoms with Gasteiger partial charge in [0.25, 0.3) is 0 Å². The second-order valence-electron chi connectivity index (χ2n) is 4.68. The molecule has 2 rings (SSSR count). The fraction of sp³-hybridized carbons (Fsp3) is 0.571. The Balaban J connectivity index is 1.95. The van der Waals surface area contributed by atoms with E-state index < -0.39 is 0 Å². The zero-order valence-electron chi connectivity index (χ0n) is 10.4. The maximum Gasteiger partial charge on any atom is 0.0395 e. The van der Waals surface area contributed by atoms with Crippen molar-refractivity contribution in [3.8, 4) is 0 Å². The summed E-state index contributed by atoms with van der Waals surface area (Å²) in [6.07, 6.45) is 1.31. The molecule has 1 aliphatic heterocycles. The number of rotatable bonds is 5. The Morgan fingerprint density at radius 3 is 2.62 bits per heavy atom. The maximum absolute atomic E-state index is 3.34. The first-order valence-electron chi connectivity index (χ1n) is 6.32.